The normalized spacial score (nSPS) is 19.7. The third kappa shape index (κ3) is 3.15. The minimum absolute atomic E-state index is 0.0701. The number of rotatable bonds is 2. The zero-order valence-electron chi connectivity index (χ0n) is 12.5. The van der Waals surface area contributed by atoms with Gasteiger partial charge in [-0.25, -0.2) is 9.97 Å². The second-order valence-electron chi connectivity index (χ2n) is 5.62. The summed E-state index contributed by atoms with van der Waals surface area (Å²) >= 11 is 0. The molecule has 0 atom stereocenters. The molecule has 0 unspecified atom stereocenters. The number of piperidine rings is 1. The average Bonchev–Trinajstić information content (AvgIpc) is 2.56. The molecule has 21 heavy (non-hydrogen) atoms. The fourth-order valence-corrected chi connectivity index (χ4v) is 2.85. The first-order valence-electron chi connectivity index (χ1n) is 7.71. The zero-order chi connectivity index (χ0) is 14.7. The van der Waals surface area contributed by atoms with E-state index in [0.717, 1.165) is 44.7 Å². The van der Waals surface area contributed by atoms with E-state index in [2.05, 4.69) is 14.9 Å². The van der Waals surface area contributed by atoms with E-state index < -0.39 is 0 Å². The van der Waals surface area contributed by atoms with Crippen molar-refractivity contribution >= 4 is 11.9 Å². The van der Waals surface area contributed by atoms with Crippen LogP contribution in [0.2, 0.25) is 0 Å². The Morgan fingerprint density at radius 2 is 1.86 bits per heavy atom. The third-order valence-electron chi connectivity index (χ3n) is 4.13. The van der Waals surface area contributed by atoms with Crippen LogP contribution in [-0.2, 0) is 4.74 Å². The highest BCUT2D eigenvalue weighted by Gasteiger charge is 2.22. The average molecular weight is 290 g/mol. The van der Waals surface area contributed by atoms with Crippen LogP contribution in [0.1, 0.15) is 35.3 Å². The van der Waals surface area contributed by atoms with Gasteiger partial charge in [-0.3, -0.25) is 4.79 Å². The standard InChI is InChI=1S/C15H22N4O2/c1-12-13(14(20)18-5-3-2-4-6-18)11-16-15(17-12)19-7-9-21-10-8-19/h11H,2-10H2,1H3. The van der Waals surface area contributed by atoms with Gasteiger partial charge < -0.3 is 14.5 Å². The number of hydrogen-bond donors (Lipinski definition) is 0. The largest absolute Gasteiger partial charge is 0.378 e. The molecule has 2 aliphatic heterocycles. The maximum absolute atomic E-state index is 12.5. The Labute approximate surface area is 125 Å². The van der Waals surface area contributed by atoms with Gasteiger partial charge in [0.2, 0.25) is 5.95 Å². The van der Waals surface area contributed by atoms with Crippen molar-refractivity contribution in [3.8, 4) is 0 Å². The Morgan fingerprint density at radius 1 is 1.14 bits per heavy atom. The number of morpholine rings is 1. The van der Waals surface area contributed by atoms with E-state index in [1.54, 1.807) is 6.20 Å². The molecular formula is C15H22N4O2. The number of carbonyl (C=O) groups excluding carboxylic acids is 1. The number of carbonyl (C=O) groups is 1. The molecule has 0 aliphatic carbocycles. The van der Waals surface area contributed by atoms with E-state index in [1.165, 1.54) is 6.42 Å². The van der Waals surface area contributed by atoms with Crippen molar-refractivity contribution in [2.75, 3.05) is 44.3 Å². The maximum Gasteiger partial charge on any atom is 0.257 e. The Morgan fingerprint density at radius 3 is 2.52 bits per heavy atom. The molecule has 0 radical (unpaired) electrons. The van der Waals surface area contributed by atoms with Crippen LogP contribution < -0.4 is 4.90 Å². The molecule has 6 heteroatoms. The van der Waals surface area contributed by atoms with Crippen LogP contribution in [0.25, 0.3) is 0 Å². The predicted octanol–water partition coefficient (Wildman–Crippen LogP) is 1.25. The lowest BCUT2D eigenvalue weighted by molar-refractivity contribution is 0.0722. The summed E-state index contributed by atoms with van der Waals surface area (Å²) in [4.78, 5) is 25.5. The van der Waals surface area contributed by atoms with Gasteiger partial charge >= 0.3 is 0 Å². The van der Waals surface area contributed by atoms with E-state index in [9.17, 15) is 4.79 Å². The van der Waals surface area contributed by atoms with Crippen molar-refractivity contribution in [2.45, 2.75) is 26.2 Å². The van der Waals surface area contributed by atoms with Gasteiger partial charge in [-0.2, -0.15) is 0 Å². The lowest BCUT2D eigenvalue weighted by Gasteiger charge is -2.28. The quantitative estimate of drug-likeness (QED) is 0.820. The molecule has 0 N–H and O–H groups in total. The maximum atomic E-state index is 12.5. The van der Waals surface area contributed by atoms with E-state index in [1.807, 2.05) is 11.8 Å². The van der Waals surface area contributed by atoms with Gasteiger partial charge in [-0.1, -0.05) is 0 Å². The molecule has 1 amide bonds. The van der Waals surface area contributed by atoms with Crippen molar-refractivity contribution in [3.05, 3.63) is 17.5 Å². The van der Waals surface area contributed by atoms with Crippen LogP contribution in [-0.4, -0.2) is 60.2 Å². The summed E-state index contributed by atoms with van der Waals surface area (Å²) in [6, 6.07) is 0. The minimum Gasteiger partial charge on any atom is -0.378 e. The Kier molecular flexibility index (Phi) is 4.34. The van der Waals surface area contributed by atoms with Crippen molar-refractivity contribution in [2.24, 2.45) is 0 Å². The third-order valence-corrected chi connectivity index (χ3v) is 4.13. The van der Waals surface area contributed by atoms with Gasteiger partial charge in [-0.15, -0.1) is 0 Å². The monoisotopic (exact) mass is 290 g/mol. The zero-order valence-corrected chi connectivity index (χ0v) is 12.5. The van der Waals surface area contributed by atoms with Gasteiger partial charge in [0.05, 0.1) is 24.5 Å². The number of anilines is 1. The van der Waals surface area contributed by atoms with Crippen LogP contribution in [0.5, 0.6) is 0 Å². The van der Waals surface area contributed by atoms with E-state index in [4.69, 9.17) is 4.74 Å². The topological polar surface area (TPSA) is 58.6 Å². The number of aryl methyl sites for hydroxylation is 1. The summed E-state index contributed by atoms with van der Waals surface area (Å²) in [7, 11) is 0. The predicted molar refractivity (Wildman–Crippen MR) is 79.6 cm³/mol. The van der Waals surface area contributed by atoms with Gasteiger partial charge in [0.25, 0.3) is 5.91 Å². The summed E-state index contributed by atoms with van der Waals surface area (Å²) < 4.78 is 5.33. The van der Waals surface area contributed by atoms with E-state index >= 15 is 0 Å². The molecular weight excluding hydrogens is 268 g/mol. The van der Waals surface area contributed by atoms with E-state index in [0.29, 0.717) is 24.7 Å². The van der Waals surface area contributed by atoms with Gasteiger partial charge in [0.1, 0.15) is 0 Å². The molecule has 2 aliphatic rings. The summed E-state index contributed by atoms with van der Waals surface area (Å²) in [5.41, 5.74) is 1.40. The molecule has 6 nitrogen and oxygen atoms in total. The molecule has 1 aromatic rings. The van der Waals surface area contributed by atoms with Crippen LogP contribution in [0.15, 0.2) is 6.20 Å². The van der Waals surface area contributed by atoms with Gasteiger partial charge in [0.15, 0.2) is 0 Å². The number of nitrogens with zero attached hydrogens (tertiary/aromatic N) is 4. The van der Waals surface area contributed by atoms with Gasteiger partial charge in [-0.05, 0) is 26.2 Å². The van der Waals surface area contributed by atoms with Crippen molar-refractivity contribution in [3.63, 3.8) is 0 Å². The van der Waals surface area contributed by atoms with Gasteiger partial charge in [0, 0.05) is 32.4 Å². The molecule has 2 fully saturated rings. The first kappa shape index (κ1) is 14.3. The Hall–Kier alpha value is -1.69. The van der Waals surface area contributed by atoms with Crippen molar-refractivity contribution in [1.82, 2.24) is 14.9 Å². The molecule has 2 saturated heterocycles. The number of hydrogen-bond acceptors (Lipinski definition) is 5. The second-order valence-corrected chi connectivity index (χ2v) is 5.62. The van der Waals surface area contributed by atoms with Crippen LogP contribution >= 0.6 is 0 Å². The summed E-state index contributed by atoms with van der Waals surface area (Å²) in [6.07, 6.45) is 5.09. The van der Waals surface area contributed by atoms with Crippen LogP contribution in [0.4, 0.5) is 5.95 Å². The smallest absolute Gasteiger partial charge is 0.257 e. The number of ether oxygens (including phenoxy) is 1. The fourth-order valence-electron chi connectivity index (χ4n) is 2.85. The van der Waals surface area contributed by atoms with Crippen molar-refractivity contribution in [1.29, 1.82) is 0 Å². The lowest BCUT2D eigenvalue weighted by atomic mass is 10.1. The number of amides is 1. The molecule has 3 rings (SSSR count). The highest BCUT2D eigenvalue weighted by atomic mass is 16.5. The first-order chi connectivity index (χ1) is 10.3. The first-order valence-corrected chi connectivity index (χ1v) is 7.71. The highest BCUT2D eigenvalue weighted by Crippen LogP contribution is 2.17. The number of aromatic nitrogens is 2. The lowest BCUT2D eigenvalue weighted by Crippen LogP contribution is -2.38. The molecule has 0 spiro atoms. The summed E-state index contributed by atoms with van der Waals surface area (Å²) in [5, 5.41) is 0. The number of likely N-dealkylation sites (tertiary alicyclic amines) is 1. The summed E-state index contributed by atoms with van der Waals surface area (Å²) in [6.45, 7) is 6.61. The van der Waals surface area contributed by atoms with Crippen LogP contribution in [0.3, 0.4) is 0 Å². The molecule has 0 bridgehead atoms. The summed E-state index contributed by atoms with van der Waals surface area (Å²) in [5.74, 6) is 0.770. The molecule has 0 aromatic carbocycles. The Balaban J connectivity index is 1.75. The molecule has 1 aromatic heterocycles. The highest BCUT2D eigenvalue weighted by molar-refractivity contribution is 5.95. The molecule has 114 valence electrons. The van der Waals surface area contributed by atoms with Crippen molar-refractivity contribution < 1.29 is 9.53 Å². The molecule has 3 heterocycles. The second kappa shape index (κ2) is 6.39. The SMILES string of the molecule is Cc1nc(N2CCOCC2)ncc1C(=O)N1CCCCC1. The fraction of sp³-hybridized carbons (Fsp3) is 0.667. The Bertz CT molecular complexity index is 508. The molecule has 0 saturated carbocycles. The van der Waals surface area contributed by atoms with Crippen LogP contribution in [0, 0.1) is 6.92 Å². The minimum atomic E-state index is 0.0701. The van der Waals surface area contributed by atoms with E-state index in [-0.39, 0.29) is 5.91 Å².